The Morgan fingerprint density at radius 3 is 2.77 bits per heavy atom. The van der Waals surface area contributed by atoms with E-state index in [-0.39, 0.29) is 17.6 Å². The van der Waals surface area contributed by atoms with Gasteiger partial charge in [-0.2, -0.15) is 0 Å². The summed E-state index contributed by atoms with van der Waals surface area (Å²) in [5.41, 5.74) is 4.65. The second kappa shape index (κ2) is 8.02. The fraction of sp³-hybridized carbons (Fsp3) is 0.261. The smallest absolute Gasteiger partial charge is 0.327 e. The summed E-state index contributed by atoms with van der Waals surface area (Å²) in [5.74, 6) is -0.0979. The standard InChI is InChI=1S/C23H25N5O2/c1-15(9-10-19-8-5-11-27(19)2)25-22(29)17-7-4-6-16(12-17)18-13-20-21(24-14-18)26-23(30)28(20)3/h4-8,11-15H,9-10H2,1-3H3,(H,25,29)(H,24,26,30). The van der Waals surface area contributed by atoms with Gasteiger partial charge in [0.1, 0.15) is 0 Å². The first kappa shape index (κ1) is 19.7. The van der Waals surface area contributed by atoms with Crippen LogP contribution in [0.2, 0.25) is 0 Å². The molecular weight excluding hydrogens is 378 g/mol. The number of carbonyl (C=O) groups is 1. The molecule has 0 saturated carbocycles. The summed E-state index contributed by atoms with van der Waals surface area (Å²) >= 11 is 0. The molecule has 154 valence electrons. The van der Waals surface area contributed by atoms with Crippen LogP contribution in [0.3, 0.4) is 0 Å². The van der Waals surface area contributed by atoms with Crippen LogP contribution in [-0.2, 0) is 20.5 Å². The van der Waals surface area contributed by atoms with Crippen molar-refractivity contribution < 1.29 is 4.79 Å². The summed E-state index contributed by atoms with van der Waals surface area (Å²) in [6, 6.07) is 13.5. The first-order chi connectivity index (χ1) is 14.4. The molecule has 3 heterocycles. The minimum Gasteiger partial charge on any atom is -0.354 e. The Morgan fingerprint density at radius 1 is 1.17 bits per heavy atom. The van der Waals surface area contributed by atoms with Gasteiger partial charge < -0.3 is 9.88 Å². The van der Waals surface area contributed by atoms with Gasteiger partial charge in [0, 0.05) is 49.4 Å². The van der Waals surface area contributed by atoms with E-state index in [4.69, 9.17) is 0 Å². The maximum Gasteiger partial charge on any atom is 0.327 e. The summed E-state index contributed by atoms with van der Waals surface area (Å²) in [7, 11) is 3.73. The maximum absolute atomic E-state index is 12.8. The third-order valence-electron chi connectivity index (χ3n) is 5.48. The Bertz CT molecular complexity index is 1260. The minimum atomic E-state index is -0.202. The lowest BCUT2D eigenvalue weighted by atomic mass is 10.0. The molecule has 4 rings (SSSR count). The van der Waals surface area contributed by atoms with Crippen LogP contribution < -0.4 is 11.0 Å². The van der Waals surface area contributed by atoms with Crippen LogP contribution in [-0.4, -0.2) is 31.1 Å². The molecule has 1 atom stereocenters. The fourth-order valence-corrected chi connectivity index (χ4v) is 3.60. The highest BCUT2D eigenvalue weighted by atomic mass is 16.2. The number of H-pyrrole nitrogens is 1. The first-order valence-corrected chi connectivity index (χ1v) is 9.98. The largest absolute Gasteiger partial charge is 0.354 e. The molecule has 0 radical (unpaired) electrons. The van der Waals surface area contributed by atoms with Gasteiger partial charge in [-0.15, -0.1) is 0 Å². The molecule has 3 aromatic heterocycles. The predicted octanol–water partition coefficient (Wildman–Crippen LogP) is 3.02. The van der Waals surface area contributed by atoms with Gasteiger partial charge >= 0.3 is 5.69 Å². The molecule has 0 aliphatic rings. The molecule has 0 spiro atoms. The molecule has 1 aromatic carbocycles. The van der Waals surface area contributed by atoms with Gasteiger partial charge in [-0.05, 0) is 55.7 Å². The molecule has 0 bridgehead atoms. The average Bonchev–Trinajstić information content (AvgIpc) is 3.28. The van der Waals surface area contributed by atoms with E-state index in [2.05, 4.69) is 25.9 Å². The zero-order chi connectivity index (χ0) is 21.3. The quantitative estimate of drug-likeness (QED) is 0.519. The van der Waals surface area contributed by atoms with Crippen molar-refractivity contribution in [1.29, 1.82) is 0 Å². The van der Waals surface area contributed by atoms with Gasteiger partial charge in [-0.3, -0.25) is 14.3 Å². The van der Waals surface area contributed by atoms with E-state index in [9.17, 15) is 9.59 Å². The molecule has 2 N–H and O–H groups in total. The number of fused-ring (bicyclic) bond motifs is 1. The zero-order valence-electron chi connectivity index (χ0n) is 17.3. The van der Waals surface area contributed by atoms with Gasteiger partial charge in [0.2, 0.25) is 0 Å². The molecule has 30 heavy (non-hydrogen) atoms. The van der Waals surface area contributed by atoms with E-state index >= 15 is 0 Å². The van der Waals surface area contributed by atoms with E-state index in [1.807, 2.05) is 50.5 Å². The van der Waals surface area contributed by atoms with Crippen molar-refractivity contribution in [2.45, 2.75) is 25.8 Å². The maximum atomic E-state index is 12.8. The number of amides is 1. The number of imidazole rings is 1. The number of hydrogen-bond donors (Lipinski definition) is 2. The number of nitrogens with one attached hydrogen (secondary N) is 2. The number of aromatic nitrogens is 4. The molecule has 7 nitrogen and oxygen atoms in total. The summed E-state index contributed by atoms with van der Waals surface area (Å²) in [6.07, 6.45) is 5.51. The Kier molecular flexibility index (Phi) is 5.27. The van der Waals surface area contributed by atoms with Crippen LogP contribution in [0, 0.1) is 0 Å². The lowest BCUT2D eigenvalue weighted by Crippen LogP contribution is -2.33. The monoisotopic (exact) mass is 403 g/mol. The predicted molar refractivity (Wildman–Crippen MR) is 117 cm³/mol. The van der Waals surface area contributed by atoms with E-state index in [1.165, 1.54) is 10.3 Å². The molecule has 1 amide bonds. The van der Waals surface area contributed by atoms with Crippen molar-refractivity contribution in [1.82, 2.24) is 24.4 Å². The zero-order valence-corrected chi connectivity index (χ0v) is 17.3. The molecule has 1 unspecified atom stereocenters. The topological polar surface area (TPSA) is 84.7 Å². The minimum absolute atomic E-state index is 0.0588. The lowest BCUT2D eigenvalue weighted by molar-refractivity contribution is 0.0938. The van der Waals surface area contributed by atoms with Gasteiger partial charge in [-0.25, -0.2) is 9.78 Å². The summed E-state index contributed by atoms with van der Waals surface area (Å²) in [5, 5.41) is 3.08. The van der Waals surface area contributed by atoms with Crippen molar-refractivity contribution in [3.8, 4) is 11.1 Å². The molecule has 4 aromatic rings. The molecular formula is C23H25N5O2. The van der Waals surface area contributed by atoms with Gasteiger partial charge in [-0.1, -0.05) is 12.1 Å². The lowest BCUT2D eigenvalue weighted by Gasteiger charge is -2.15. The second-order valence-corrected chi connectivity index (χ2v) is 7.69. The summed E-state index contributed by atoms with van der Waals surface area (Å²) < 4.78 is 3.62. The van der Waals surface area contributed by atoms with Gasteiger partial charge in [0.05, 0.1) is 5.52 Å². The number of rotatable bonds is 6. The Morgan fingerprint density at radius 2 is 2.00 bits per heavy atom. The first-order valence-electron chi connectivity index (χ1n) is 9.98. The average molecular weight is 403 g/mol. The van der Waals surface area contributed by atoms with Gasteiger partial charge in [0.15, 0.2) is 5.65 Å². The Hall–Kier alpha value is -3.61. The SMILES string of the molecule is CC(CCc1cccn1C)NC(=O)c1cccc(-c2cnc3[nH]c(=O)n(C)c3c2)c1. The number of carbonyl (C=O) groups excluding carboxylic acids is 1. The van der Waals surface area contributed by atoms with Crippen molar-refractivity contribution in [3.05, 3.63) is 76.6 Å². The third kappa shape index (κ3) is 3.91. The number of aromatic amines is 1. The van der Waals surface area contributed by atoms with E-state index in [1.54, 1.807) is 19.3 Å². The van der Waals surface area contributed by atoms with E-state index in [0.29, 0.717) is 11.2 Å². The summed E-state index contributed by atoms with van der Waals surface area (Å²) in [4.78, 5) is 31.6. The van der Waals surface area contributed by atoms with E-state index < -0.39 is 0 Å². The van der Waals surface area contributed by atoms with Crippen LogP contribution in [0.5, 0.6) is 0 Å². The second-order valence-electron chi connectivity index (χ2n) is 7.69. The van der Waals surface area contributed by atoms with Crippen LogP contribution in [0.1, 0.15) is 29.4 Å². The molecule has 0 aliphatic carbocycles. The Labute approximate surface area is 174 Å². The highest BCUT2D eigenvalue weighted by molar-refractivity contribution is 5.95. The fourth-order valence-electron chi connectivity index (χ4n) is 3.60. The number of aryl methyl sites for hydroxylation is 3. The number of benzene rings is 1. The highest BCUT2D eigenvalue weighted by Crippen LogP contribution is 2.22. The number of pyridine rings is 1. The highest BCUT2D eigenvalue weighted by Gasteiger charge is 2.13. The van der Waals surface area contributed by atoms with Crippen LogP contribution in [0.15, 0.2) is 59.7 Å². The normalized spacial score (nSPS) is 12.2. The van der Waals surface area contributed by atoms with Crippen molar-refractivity contribution in [2.75, 3.05) is 0 Å². The Balaban J connectivity index is 1.48. The van der Waals surface area contributed by atoms with Gasteiger partial charge in [0.25, 0.3) is 5.91 Å². The molecule has 7 heteroatoms. The third-order valence-corrected chi connectivity index (χ3v) is 5.48. The molecule has 0 saturated heterocycles. The van der Waals surface area contributed by atoms with Crippen LogP contribution >= 0.6 is 0 Å². The molecule has 0 fully saturated rings. The molecule has 0 aliphatic heterocycles. The van der Waals surface area contributed by atoms with Crippen LogP contribution in [0.4, 0.5) is 0 Å². The number of nitrogens with zero attached hydrogens (tertiary/aromatic N) is 3. The van der Waals surface area contributed by atoms with E-state index in [0.717, 1.165) is 29.5 Å². The van der Waals surface area contributed by atoms with Crippen molar-refractivity contribution in [2.24, 2.45) is 14.1 Å². The number of hydrogen-bond acceptors (Lipinski definition) is 3. The van der Waals surface area contributed by atoms with Crippen LogP contribution in [0.25, 0.3) is 22.3 Å². The van der Waals surface area contributed by atoms with Crippen molar-refractivity contribution >= 4 is 17.1 Å². The van der Waals surface area contributed by atoms with Crippen molar-refractivity contribution in [3.63, 3.8) is 0 Å². The summed E-state index contributed by atoms with van der Waals surface area (Å²) in [6.45, 7) is 2.02.